The fourth-order valence-corrected chi connectivity index (χ4v) is 1.23. The molecule has 0 radical (unpaired) electrons. The van der Waals surface area contributed by atoms with E-state index >= 15 is 0 Å². The van der Waals surface area contributed by atoms with Gasteiger partial charge < -0.3 is 15.2 Å². The molecule has 2 N–H and O–H groups in total. The Morgan fingerprint density at radius 3 is 2.39 bits per heavy atom. The van der Waals surface area contributed by atoms with Gasteiger partial charge in [-0.15, -0.1) is 25.6 Å². The second kappa shape index (κ2) is 6.77. The van der Waals surface area contributed by atoms with E-state index < -0.39 is 24.0 Å². The predicted molar refractivity (Wildman–Crippen MR) is 59.1 cm³/mol. The first-order chi connectivity index (χ1) is 7.83. The minimum Gasteiger partial charge on any atom is -0.403 e. The highest BCUT2D eigenvalue weighted by atomic mass is 35.5. The Morgan fingerprint density at radius 2 is 1.94 bits per heavy atom. The zero-order valence-corrected chi connectivity index (χ0v) is 10.1. The van der Waals surface area contributed by atoms with Crippen LogP contribution >= 0.6 is 12.4 Å². The Kier molecular flexibility index (Phi) is 6.37. The van der Waals surface area contributed by atoms with Gasteiger partial charge in [-0.05, 0) is 17.7 Å². The Hall–Kier alpha value is -1.05. The fourth-order valence-electron chi connectivity index (χ4n) is 1.23. The van der Waals surface area contributed by atoms with E-state index in [-0.39, 0.29) is 19.0 Å². The van der Waals surface area contributed by atoms with Gasteiger partial charge in [0.05, 0.1) is 12.6 Å². The second-order valence-corrected chi connectivity index (χ2v) is 3.30. The first-order valence-electron chi connectivity index (χ1n) is 4.63. The van der Waals surface area contributed by atoms with Crippen LogP contribution in [0.5, 0.6) is 5.75 Å². The third-order valence-electron chi connectivity index (χ3n) is 1.96. The molecule has 0 saturated heterocycles. The number of rotatable bonds is 4. The van der Waals surface area contributed by atoms with Gasteiger partial charge in [-0.1, -0.05) is 6.07 Å². The summed E-state index contributed by atoms with van der Waals surface area (Å²) >= 11 is 0. The van der Waals surface area contributed by atoms with E-state index in [1.165, 1.54) is 13.2 Å². The molecule has 0 fully saturated rings. The van der Waals surface area contributed by atoms with Crippen molar-refractivity contribution in [2.75, 3.05) is 13.7 Å². The van der Waals surface area contributed by atoms with Crippen LogP contribution in [0.1, 0.15) is 11.6 Å². The van der Waals surface area contributed by atoms with Crippen molar-refractivity contribution in [3.8, 4) is 5.75 Å². The van der Waals surface area contributed by atoms with Gasteiger partial charge in [0.15, 0.2) is 11.6 Å². The van der Waals surface area contributed by atoms with Crippen LogP contribution in [-0.2, 0) is 4.74 Å². The predicted octanol–water partition coefficient (Wildman–Crippen LogP) is 2.79. The molecule has 0 bridgehead atoms. The van der Waals surface area contributed by atoms with Crippen LogP contribution in [0, 0.1) is 5.82 Å². The van der Waals surface area contributed by atoms with Crippen LogP contribution in [0.3, 0.4) is 0 Å². The van der Waals surface area contributed by atoms with Crippen LogP contribution in [0.25, 0.3) is 0 Å². The van der Waals surface area contributed by atoms with E-state index in [0.29, 0.717) is 5.56 Å². The van der Waals surface area contributed by atoms with Gasteiger partial charge in [-0.25, -0.2) is 4.39 Å². The average molecular weight is 290 g/mol. The Labute approximate surface area is 107 Å². The molecule has 0 saturated carbocycles. The van der Waals surface area contributed by atoms with Crippen molar-refractivity contribution < 1.29 is 27.0 Å². The maximum atomic E-state index is 13.3. The molecule has 0 amide bonds. The molecule has 0 heterocycles. The quantitative estimate of drug-likeness (QED) is 0.867. The summed E-state index contributed by atoms with van der Waals surface area (Å²) < 4.78 is 57.1. The highest BCUT2D eigenvalue weighted by molar-refractivity contribution is 5.85. The number of hydrogen-bond donors (Lipinski definition) is 1. The molecule has 0 aliphatic heterocycles. The van der Waals surface area contributed by atoms with Gasteiger partial charge in [0, 0.05) is 7.11 Å². The van der Waals surface area contributed by atoms with E-state index in [0.717, 1.165) is 12.1 Å². The molecule has 18 heavy (non-hydrogen) atoms. The minimum absolute atomic E-state index is 0. The van der Waals surface area contributed by atoms with E-state index in [4.69, 9.17) is 10.5 Å². The van der Waals surface area contributed by atoms with E-state index in [1.54, 1.807) is 0 Å². The Morgan fingerprint density at radius 1 is 1.33 bits per heavy atom. The summed E-state index contributed by atoms with van der Waals surface area (Å²) in [6, 6.07) is 2.43. The monoisotopic (exact) mass is 289 g/mol. The molecular weight excluding hydrogens is 278 g/mol. The van der Waals surface area contributed by atoms with Gasteiger partial charge in [0.2, 0.25) is 0 Å². The first-order valence-corrected chi connectivity index (χ1v) is 4.63. The largest absolute Gasteiger partial charge is 0.573 e. The van der Waals surface area contributed by atoms with Crippen LogP contribution in [0.4, 0.5) is 17.6 Å². The van der Waals surface area contributed by atoms with E-state index in [9.17, 15) is 17.6 Å². The summed E-state index contributed by atoms with van der Waals surface area (Å²) in [6.45, 7) is 0.138. The third-order valence-corrected chi connectivity index (χ3v) is 1.96. The molecule has 1 atom stereocenters. The fraction of sp³-hybridized carbons (Fsp3) is 0.400. The summed E-state index contributed by atoms with van der Waals surface area (Å²) in [5, 5.41) is 0. The van der Waals surface area contributed by atoms with Crippen molar-refractivity contribution >= 4 is 12.4 Å². The number of ether oxygens (including phenoxy) is 2. The SMILES string of the molecule is COC[C@@H](N)c1ccc(OC(F)(F)F)c(F)c1.Cl. The number of nitrogens with two attached hydrogens (primary N) is 1. The molecule has 0 spiro atoms. The lowest BCUT2D eigenvalue weighted by Crippen LogP contribution is -2.19. The third kappa shape index (κ3) is 5.07. The molecule has 1 aromatic carbocycles. The summed E-state index contributed by atoms with van der Waals surface area (Å²) in [5.74, 6) is -2.00. The molecule has 8 heteroatoms. The van der Waals surface area contributed by atoms with Crippen molar-refractivity contribution in [1.82, 2.24) is 0 Å². The van der Waals surface area contributed by atoms with Crippen molar-refractivity contribution in [2.45, 2.75) is 12.4 Å². The van der Waals surface area contributed by atoms with Crippen LogP contribution < -0.4 is 10.5 Å². The number of methoxy groups -OCH3 is 1. The van der Waals surface area contributed by atoms with Gasteiger partial charge in [0.1, 0.15) is 0 Å². The standard InChI is InChI=1S/C10H11F4NO2.ClH/c1-16-5-8(15)6-2-3-9(7(11)4-6)17-10(12,13)14;/h2-4,8H,5,15H2,1H3;1H/t8-;/m1./s1. The van der Waals surface area contributed by atoms with Gasteiger partial charge in [-0.3, -0.25) is 0 Å². The average Bonchev–Trinajstić information content (AvgIpc) is 2.19. The number of halogens is 5. The topological polar surface area (TPSA) is 44.5 Å². The van der Waals surface area contributed by atoms with Crippen molar-refractivity contribution in [3.63, 3.8) is 0 Å². The lowest BCUT2D eigenvalue weighted by Gasteiger charge is -2.13. The maximum Gasteiger partial charge on any atom is 0.573 e. The highest BCUT2D eigenvalue weighted by Gasteiger charge is 2.32. The van der Waals surface area contributed by atoms with Crippen LogP contribution in [0.2, 0.25) is 0 Å². The van der Waals surface area contributed by atoms with E-state index in [2.05, 4.69) is 4.74 Å². The van der Waals surface area contributed by atoms with E-state index in [1.807, 2.05) is 0 Å². The molecule has 0 unspecified atom stereocenters. The maximum absolute atomic E-state index is 13.3. The lowest BCUT2D eigenvalue weighted by molar-refractivity contribution is -0.275. The zero-order chi connectivity index (χ0) is 13.1. The Balaban J connectivity index is 0.00000289. The molecule has 1 aromatic rings. The molecule has 3 nitrogen and oxygen atoms in total. The zero-order valence-electron chi connectivity index (χ0n) is 9.33. The number of hydrogen-bond acceptors (Lipinski definition) is 3. The number of benzene rings is 1. The van der Waals surface area contributed by atoms with Gasteiger partial charge in [-0.2, -0.15) is 0 Å². The molecule has 0 aliphatic rings. The van der Waals surface area contributed by atoms with Gasteiger partial charge in [0.25, 0.3) is 0 Å². The molecule has 1 rings (SSSR count). The van der Waals surface area contributed by atoms with Gasteiger partial charge >= 0.3 is 6.36 Å². The van der Waals surface area contributed by atoms with Crippen molar-refractivity contribution in [3.05, 3.63) is 29.6 Å². The highest BCUT2D eigenvalue weighted by Crippen LogP contribution is 2.27. The minimum atomic E-state index is -4.92. The second-order valence-electron chi connectivity index (χ2n) is 3.30. The summed E-state index contributed by atoms with van der Waals surface area (Å²) in [4.78, 5) is 0. The summed E-state index contributed by atoms with van der Waals surface area (Å²) in [6.07, 6.45) is -4.92. The Bertz CT molecular complexity index is 387. The smallest absolute Gasteiger partial charge is 0.403 e. The van der Waals surface area contributed by atoms with Crippen LogP contribution in [-0.4, -0.2) is 20.1 Å². The molecular formula is C10H12ClF4NO2. The lowest BCUT2D eigenvalue weighted by atomic mass is 10.1. The number of alkyl halides is 3. The van der Waals surface area contributed by atoms with Crippen LogP contribution in [0.15, 0.2) is 18.2 Å². The molecule has 0 aliphatic carbocycles. The van der Waals surface area contributed by atoms with Crippen molar-refractivity contribution in [2.24, 2.45) is 5.73 Å². The van der Waals surface area contributed by atoms with Crippen molar-refractivity contribution in [1.29, 1.82) is 0 Å². The summed E-state index contributed by atoms with van der Waals surface area (Å²) in [7, 11) is 1.41. The molecule has 104 valence electrons. The first kappa shape index (κ1) is 16.9. The normalized spacial score (nSPS) is 12.8. The molecule has 0 aromatic heterocycles. The summed E-state index contributed by atoms with van der Waals surface area (Å²) in [5.41, 5.74) is 5.93.